The maximum atomic E-state index is 12.4. The molecule has 0 fully saturated rings. The number of ether oxygens (including phenoxy) is 1. The predicted octanol–water partition coefficient (Wildman–Crippen LogP) is 1.62. The molecule has 1 aromatic rings. The van der Waals surface area contributed by atoms with E-state index >= 15 is 0 Å². The fourth-order valence-corrected chi connectivity index (χ4v) is 2.09. The van der Waals surface area contributed by atoms with E-state index in [1.807, 2.05) is 18.4 Å². The van der Waals surface area contributed by atoms with Crippen molar-refractivity contribution in [2.45, 2.75) is 51.9 Å². The van der Waals surface area contributed by atoms with Crippen LogP contribution in [0.15, 0.2) is 6.20 Å². The molecule has 9 heteroatoms. The first-order valence-corrected chi connectivity index (χ1v) is 7.23. The summed E-state index contributed by atoms with van der Waals surface area (Å²) in [4.78, 5) is 27.0. The summed E-state index contributed by atoms with van der Waals surface area (Å²) in [5.41, 5.74) is 0.424. The molecule has 1 amide bonds. The van der Waals surface area contributed by atoms with Crippen molar-refractivity contribution in [1.82, 2.24) is 14.9 Å². The number of carbonyl (C=O) groups is 2. The van der Waals surface area contributed by atoms with Crippen LogP contribution in [0, 0.1) is 0 Å². The zero-order chi connectivity index (χ0) is 17.6. The van der Waals surface area contributed by atoms with Gasteiger partial charge in [0, 0.05) is 25.6 Å². The molecule has 0 bridgehead atoms. The number of aromatic nitrogens is 2. The fraction of sp³-hybridized carbons (Fsp3) is 0.643. The number of imidazole rings is 1. The lowest BCUT2D eigenvalue weighted by Crippen LogP contribution is -2.48. The van der Waals surface area contributed by atoms with Crippen molar-refractivity contribution in [3.8, 4) is 0 Å². The number of amides is 1. The maximum Gasteiger partial charge on any atom is 0.471 e. The molecule has 1 N–H and O–H groups in total. The quantitative estimate of drug-likeness (QED) is 0.769. The number of aryl methyl sites for hydroxylation is 2. The van der Waals surface area contributed by atoms with Gasteiger partial charge < -0.3 is 14.6 Å². The topological polar surface area (TPSA) is 73.2 Å². The molecular weight excluding hydrogens is 315 g/mol. The molecule has 0 unspecified atom stereocenters. The molecule has 23 heavy (non-hydrogen) atoms. The summed E-state index contributed by atoms with van der Waals surface area (Å²) in [6.07, 6.45) is -1.99. The summed E-state index contributed by atoms with van der Waals surface area (Å²) in [7, 11) is 1.04. The summed E-state index contributed by atoms with van der Waals surface area (Å²) in [5, 5.41) is 1.65. The van der Waals surface area contributed by atoms with Gasteiger partial charge in [0.1, 0.15) is 11.9 Å². The predicted molar refractivity (Wildman–Crippen MR) is 75.6 cm³/mol. The van der Waals surface area contributed by atoms with Crippen molar-refractivity contribution >= 4 is 11.9 Å². The lowest BCUT2D eigenvalue weighted by molar-refractivity contribution is -0.175. The van der Waals surface area contributed by atoms with Crippen molar-refractivity contribution in [2.75, 3.05) is 7.11 Å². The van der Waals surface area contributed by atoms with Crippen molar-refractivity contribution < 1.29 is 27.5 Å². The highest BCUT2D eigenvalue weighted by atomic mass is 19.4. The van der Waals surface area contributed by atoms with E-state index in [9.17, 15) is 22.8 Å². The van der Waals surface area contributed by atoms with Crippen LogP contribution in [0.5, 0.6) is 0 Å². The van der Waals surface area contributed by atoms with Gasteiger partial charge in [0.15, 0.2) is 0 Å². The highest BCUT2D eigenvalue weighted by molar-refractivity contribution is 5.87. The van der Waals surface area contributed by atoms with Crippen LogP contribution < -0.4 is 5.32 Å². The van der Waals surface area contributed by atoms with Crippen LogP contribution in [-0.2, 0) is 33.7 Å². The third kappa shape index (κ3) is 5.26. The van der Waals surface area contributed by atoms with Crippen molar-refractivity contribution in [2.24, 2.45) is 0 Å². The van der Waals surface area contributed by atoms with Gasteiger partial charge in [-0.05, 0) is 13.3 Å². The first-order chi connectivity index (χ1) is 10.7. The van der Waals surface area contributed by atoms with Gasteiger partial charge in [-0.2, -0.15) is 13.2 Å². The van der Waals surface area contributed by atoms with E-state index in [1.165, 1.54) is 0 Å². The van der Waals surface area contributed by atoms with E-state index in [0.29, 0.717) is 18.7 Å². The Morgan fingerprint density at radius 3 is 2.52 bits per heavy atom. The molecule has 0 saturated heterocycles. The van der Waals surface area contributed by atoms with Crippen LogP contribution in [0.3, 0.4) is 0 Å². The Hall–Kier alpha value is -2.06. The third-order valence-corrected chi connectivity index (χ3v) is 3.19. The number of hydrogen-bond acceptors (Lipinski definition) is 4. The molecule has 0 aromatic carbocycles. The lowest BCUT2D eigenvalue weighted by Gasteiger charge is -2.16. The Labute approximate surface area is 132 Å². The van der Waals surface area contributed by atoms with E-state index < -0.39 is 24.1 Å². The standard InChI is InChI=1S/C14H20F3N3O3/c1-4-6-11-18-9(8-20(11)5-2)7-10(12(21)23-3)19-13(22)14(15,16)17/h8,10H,4-7H2,1-3H3,(H,19,22)/t10-/m0/s1. The minimum absolute atomic E-state index is 0.168. The SMILES string of the molecule is CCCc1nc(C[C@H](NC(=O)C(F)(F)F)C(=O)OC)cn1CC. The van der Waals surface area contributed by atoms with Crippen molar-refractivity contribution in [1.29, 1.82) is 0 Å². The number of hydrogen-bond donors (Lipinski definition) is 1. The number of methoxy groups -OCH3 is 1. The van der Waals surface area contributed by atoms with Crippen LogP contribution in [0.4, 0.5) is 13.2 Å². The van der Waals surface area contributed by atoms with E-state index in [2.05, 4.69) is 9.72 Å². The molecule has 1 rings (SSSR count). The summed E-state index contributed by atoms with van der Waals surface area (Å²) >= 11 is 0. The second-order valence-corrected chi connectivity index (χ2v) is 4.94. The molecule has 130 valence electrons. The average Bonchev–Trinajstić information content (AvgIpc) is 2.86. The van der Waals surface area contributed by atoms with Crippen LogP contribution >= 0.6 is 0 Å². The van der Waals surface area contributed by atoms with Gasteiger partial charge in [-0.1, -0.05) is 6.92 Å². The number of nitrogens with zero attached hydrogens (tertiary/aromatic N) is 2. The second-order valence-electron chi connectivity index (χ2n) is 4.94. The molecule has 0 spiro atoms. The zero-order valence-corrected chi connectivity index (χ0v) is 13.2. The Kier molecular flexibility index (Phi) is 6.59. The molecule has 0 aliphatic carbocycles. The summed E-state index contributed by atoms with van der Waals surface area (Å²) < 4.78 is 43.4. The normalized spacial score (nSPS) is 12.8. The Balaban J connectivity index is 2.93. The Morgan fingerprint density at radius 1 is 1.39 bits per heavy atom. The molecule has 0 saturated carbocycles. The Bertz CT molecular complexity index is 555. The lowest BCUT2D eigenvalue weighted by atomic mass is 10.1. The first-order valence-electron chi connectivity index (χ1n) is 7.23. The minimum atomic E-state index is -5.07. The second kappa shape index (κ2) is 7.98. The molecule has 0 aliphatic rings. The van der Waals surface area contributed by atoms with E-state index in [0.717, 1.165) is 19.4 Å². The Morgan fingerprint density at radius 2 is 2.04 bits per heavy atom. The largest absolute Gasteiger partial charge is 0.471 e. The molecule has 0 radical (unpaired) electrons. The van der Waals surface area contributed by atoms with Gasteiger partial charge in [-0.15, -0.1) is 0 Å². The van der Waals surface area contributed by atoms with Crippen LogP contribution in [-0.4, -0.2) is 40.8 Å². The fourth-order valence-electron chi connectivity index (χ4n) is 2.09. The van der Waals surface area contributed by atoms with Gasteiger partial charge in [-0.25, -0.2) is 9.78 Å². The van der Waals surface area contributed by atoms with E-state index in [4.69, 9.17) is 0 Å². The number of esters is 1. The van der Waals surface area contributed by atoms with Crippen LogP contribution in [0.2, 0.25) is 0 Å². The number of halogens is 3. The summed E-state index contributed by atoms with van der Waals surface area (Å²) in [6.45, 7) is 4.54. The van der Waals surface area contributed by atoms with Gasteiger partial charge in [-0.3, -0.25) is 4.79 Å². The van der Waals surface area contributed by atoms with Gasteiger partial charge in [0.05, 0.1) is 12.8 Å². The molecular formula is C14H20F3N3O3. The van der Waals surface area contributed by atoms with Crippen molar-refractivity contribution in [3.05, 3.63) is 17.7 Å². The van der Waals surface area contributed by atoms with Gasteiger partial charge in [0.25, 0.3) is 0 Å². The van der Waals surface area contributed by atoms with Crippen LogP contribution in [0.25, 0.3) is 0 Å². The van der Waals surface area contributed by atoms with Gasteiger partial charge in [0.2, 0.25) is 0 Å². The monoisotopic (exact) mass is 335 g/mol. The number of alkyl halides is 3. The van der Waals surface area contributed by atoms with Crippen molar-refractivity contribution in [3.63, 3.8) is 0 Å². The molecule has 1 atom stereocenters. The highest BCUT2D eigenvalue weighted by Gasteiger charge is 2.41. The number of carbonyl (C=O) groups excluding carboxylic acids is 2. The van der Waals surface area contributed by atoms with E-state index in [1.54, 1.807) is 11.5 Å². The summed E-state index contributed by atoms with van der Waals surface area (Å²) in [6, 6.07) is -1.44. The maximum absolute atomic E-state index is 12.4. The molecule has 1 aromatic heterocycles. The molecule has 1 heterocycles. The number of nitrogens with one attached hydrogen (secondary N) is 1. The van der Waals surface area contributed by atoms with Gasteiger partial charge >= 0.3 is 18.1 Å². The molecule has 6 nitrogen and oxygen atoms in total. The highest BCUT2D eigenvalue weighted by Crippen LogP contribution is 2.16. The zero-order valence-electron chi connectivity index (χ0n) is 13.2. The third-order valence-electron chi connectivity index (χ3n) is 3.19. The average molecular weight is 335 g/mol. The smallest absolute Gasteiger partial charge is 0.467 e. The summed E-state index contributed by atoms with van der Waals surface area (Å²) in [5.74, 6) is -2.35. The minimum Gasteiger partial charge on any atom is -0.467 e. The van der Waals surface area contributed by atoms with E-state index in [-0.39, 0.29) is 6.42 Å². The van der Waals surface area contributed by atoms with Crippen LogP contribution in [0.1, 0.15) is 31.8 Å². The molecule has 0 aliphatic heterocycles. The number of rotatable bonds is 7. The first kappa shape index (κ1) is 19.0.